The molecule has 0 radical (unpaired) electrons. The molecule has 2 amide bonds. The van der Waals surface area contributed by atoms with Gasteiger partial charge in [-0.15, -0.1) is 11.8 Å². The first-order valence-corrected chi connectivity index (χ1v) is 9.85. The third-order valence-corrected chi connectivity index (χ3v) is 5.30. The molecule has 0 saturated carbocycles. The molecule has 2 aromatic rings. The summed E-state index contributed by atoms with van der Waals surface area (Å²) in [5.41, 5.74) is 1.32. The fraction of sp³-hybridized carbons (Fsp3) is 0.263. The van der Waals surface area contributed by atoms with Gasteiger partial charge in [-0.05, 0) is 49.7 Å². The van der Waals surface area contributed by atoms with Gasteiger partial charge < -0.3 is 10.6 Å². The second-order valence-electron chi connectivity index (χ2n) is 5.70. The van der Waals surface area contributed by atoms with Crippen molar-refractivity contribution in [1.29, 1.82) is 0 Å². The number of amides is 2. The van der Waals surface area contributed by atoms with Gasteiger partial charge in [0.25, 0.3) is 0 Å². The van der Waals surface area contributed by atoms with Gasteiger partial charge in [0.1, 0.15) is 0 Å². The number of hydrogen-bond donors (Lipinski definition) is 2. The number of nitrogens with one attached hydrogen (secondary N) is 2. The highest BCUT2D eigenvalue weighted by atomic mass is 35.5. The predicted octanol–water partition coefficient (Wildman–Crippen LogP) is 5.85. The van der Waals surface area contributed by atoms with Crippen molar-refractivity contribution in [3.63, 3.8) is 0 Å². The first-order chi connectivity index (χ1) is 12.4. The minimum atomic E-state index is -0.328. The van der Waals surface area contributed by atoms with E-state index in [2.05, 4.69) is 10.6 Å². The predicted molar refractivity (Wildman–Crippen MR) is 110 cm³/mol. The van der Waals surface area contributed by atoms with Crippen molar-refractivity contribution in [3.05, 3.63) is 52.5 Å². The molecule has 1 unspecified atom stereocenters. The first kappa shape index (κ1) is 20.6. The Morgan fingerprint density at radius 1 is 1.04 bits per heavy atom. The summed E-state index contributed by atoms with van der Waals surface area (Å²) < 4.78 is 0. The van der Waals surface area contributed by atoms with Gasteiger partial charge in [0.05, 0.1) is 15.3 Å². The van der Waals surface area contributed by atoms with Crippen LogP contribution in [0.5, 0.6) is 0 Å². The molecule has 26 heavy (non-hydrogen) atoms. The van der Waals surface area contributed by atoms with Crippen molar-refractivity contribution >= 4 is 58.2 Å². The minimum absolute atomic E-state index is 0.0138. The summed E-state index contributed by atoms with van der Waals surface area (Å²) in [6.07, 6.45) is 1.28. The van der Waals surface area contributed by atoms with Gasteiger partial charge in [-0.1, -0.05) is 36.2 Å². The fourth-order valence-corrected chi connectivity index (χ4v) is 3.40. The Bertz CT molecular complexity index is 799. The number of benzene rings is 2. The highest BCUT2D eigenvalue weighted by molar-refractivity contribution is 8.00. The zero-order valence-electron chi connectivity index (χ0n) is 14.5. The standard InChI is InChI=1S/C19H20Cl2N2O2S/c1-3-5-18(24)22-13-6-4-7-15(10-13)26-12(2)19(25)23-14-8-9-16(20)17(21)11-14/h4,6-12H,3,5H2,1-2H3,(H,22,24)(H,23,25). The van der Waals surface area contributed by atoms with Gasteiger partial charge in [0.15, 0.2) is 0 Å². The van der Waals surface area contributed by atoms with Gasteiger partial charge in [-0.25, -0.2) is 0 Å². The van der Waals surface area contributed by atoms with E-state index in [0.717, 1.165) is 17.0 Å². The van der Waals surface area contributed by atoms with E-state index >= 15 is 0 Å². The van der Waals surface area contributed by atoms with Crippen LogP contribution >= 0.6 is 35.0 Å². The van der Waals surface area contributed by atoms with Crippen molar-refractivity contribution in [2.24, 2.45) is 0 Å². The highest BCUT2D eigenvalue weighted by Gasteiger charge is 2.15. The summed E-state index contributed by atoms with van der Waals surface area (Å²) in [5, 5.41) is 6.18. The van der Waals surface area contributed by atoms with E-state index in [1.165, 1.54) is 11.8 Å². The average Bonchev–Trinajstić information content (AvgIpc) is 2.58. The lowest BCUT2D eigenvalue weighted by atomic mass is 10.3. The van der Waals surface area contributed by atoms with Crippen LogP contribution in [0.4, 0.5) is 11.4 Å². The van der Waals surface area contributed by atoms with Crippen molar-refractivity contribution in [3.8, 4) is 0 Å². The molecule has 7 heteroatoms. The number of halogens is 2. The molecule has 2 N–H and O–H groups in total. The number of carbonyl (C=O) groups is 2. The van der Waals surface area contributed by atoms with Crippen LogP contribution in [-0.2, 0) is 9.59 Å². The van der Waals surface area contributed by atoms with Crippen molar-refractivity contribution in [2.75, 3.05) is 10.6 Å². The number of carbonyl (C=O) groups excluding carboxylic acids is 2. The maximum absolute atomic E-state index is 12.4. The lowest BCUT2D eigenvalue weighted by Gasteiger charge is -2.13. The molecule has 0 heterocycles. The first-order valence-electron chi connectivity index (χ1n) is 8.21. The largest absolute Gasteiger partial charge is 0.326 e. The quantitative estimate of drug-likeness (QED) is 0.562. The van der Waals surface area contributed by atoms with Gasteiger partial charge in [0, 0.05) is 22.7 Å². The monoisotopic (exact) mass is 410 g/mol. The Balaban J connectivity index is 1.97. The lowest BCUT2D eigenvalue weighted by molar-refractivity contribution is -0.116. The summed E-state index contributed by atoms with van der Waals surface area (Å²) in [4.78, 5) is 25.0. The molecule has 2 rings (SSSR count). The number of thioether (sulfide) groups is 1. The molecule has 138 valence electrons. The topological polar surface area (TPSA) is 58.2 Å². The summed E-state index contributed by atoms with van der Waals surface area (Å²) in [5.74, 6) is -0.158. The number of anilines is 2. The van der Waals surface area contributed by atoms with Gasteiger partial charge in [-0.2, -0.15) is 0 Å². The minimum Gasteiger partial charge on any atom is -0.326 e. The molecule has 0 bridgehead atoms. The maximum Gasteiger partial charge on any atom is 0.237 e. The van der Waals surface area contributed by atoms with Crippen molar-refractivity contribution in [1.82, 2.24) is 0 Å². The van der Waals surface area contributed by atoms with Crippen LogP contribution in [0.1, 0.15) is 26.7 Å². The van der Waals surface area contributed by atoms with Gasteiger partial charge in [0.2, 0.25) is 11.8 Å². The average molecular weight is 411 g/mol. The molecular formula is C19H20Cl2N2O2S. The molecule has 0 saturated heterocycles. The van der Waals surface area contributed by atoms with E-state index in [0.29, 0.717) is 22.2 Å². The molecule has 0 fully saturated rings. The Labute approximate surface area is 167 Å². The molecule has 2 aromatic carbocycles. The molecule has 1 atom stereocenters. The molecular weight excluding hydrogens is 391 g/mol. The Morgan fingerprint density at radius 2 is 1.77 bits per heavy atom. The second-order valence-corrected chi connectivity index (χ2v) is 7.93. The van der Waals surface area contributed by atoms with Crippen LogP contribution in [0.3, 0.4) is 0 Å². The highest BCUT2D eigenvalue weighted by Crippen LogP contribution is 2.28. The molecule has 0 aliphatic carbocycles. The Hall–Kier alpha value is -1.69. The fourth-order valence-electron chi connectivity index (χ4n) is 2.17. The lowest BCUT2D eigenvalue weighted by Crippen LogP contribution is -2.22. The molecule has 4 nitrogen and oxygen atoms in total. The van der Waals surface area contributed by atoms with E-state index in [-0.39, 0.29) is 17.1 Å². The van der Waals surface area contributed by atoms with E-state index in [1.54, 1.807) is 18.2 Å². The van der Waals surface area contributed by atoms with E-state index in [1.807, 2.05) is 38.1 Å². The van der Waals surface area contributed by atoms with E-state index in [9.17, 15) is 9.59 Å². The Morgan fingerprint density at radius 3 is 2.46 bits per heavy atom. The summed E-state index contributed by atoms with van der Waals surface area (Å²) in [7, 11) is 0. The van der Waals surface area contributed by atoms with E-state index in [4.69, 9.17) is 23.2 Å². The Kier molecular flexibility index (Phi) is 7.82. The van der Waals surface area contributed by atoms with Crippen LogP contribution in [0.15, 0.2) is 47.4 Å². The third-order valence-electron chi connectivity index (χ3n) is 3.46. The van der Waals surface area contributed by atoms with Gasteiger partial charge in [-0.3, -0.25) is 9.59 Å². The smallest absolute Gasteiger partial charge is 0.237 e. The summed E-state index contributed by atoms with van der Waals surface area (Å²) in [6.45, 7) is 3.78. The normalized spacial score (nSPS) is 11.7. The third kappa shape index (κ3) is 6.24. The second kappa shape index (κ2) is 9.86. The molecule has 0 aliphatic heterocycles. The molecule has 0 aliphatic rings. The van der Waals surface area contributed by atoms with Crippen LogP contribution in [0, 0.1) is 0 Å². The molecule has 0 aromatic heterocycles. The van der Waals surface area contributed by atoms with Crippen LogP contribution in [0.25, 0.3) is 0 Å². The summed E-state index contributed by atoms with van der Waals surface area (Å²) in [6, 6.07) is 12.4. The van der Waals surface area contributed by atoms with Gasteiger partial charge >= 0.3 is 0 Å². The zero-order chi connectivity index (χ0) is 19.1. The SMILES string of the molecule is CCCC(=O)Nc1cccc(SC(C)C(=O)Nc2ccc(Cl)c(Cl)c2)c1. The number of hydrogen-bond acceptors (Lipinski definition) is 3. The molecule has 0 spiro atoms. The zero-order valence-corrected chi connectivity index (χ0v) is 16.8. The van der Waals surface area contributed by atoms with E-state index < -0.39 is 0 Å². The summed E-state index contributed by atoms with van der Waals surface area (Å²) >= 11 is 13.3. The van der Waals surface area contributed by atoms with Crippen LogP contribution in [0.2, 0.25) is 10.0 Å². The van der Waals surface area contributed by atoms with Crippen molar-refractivity contribution < 1.29 is 9.59 Å². The van der Waals surface area contributed by atoms with Crippen molar-refractivity contribution in [2.45, 2.75) is 36.8 Å². The maximum atomic E-state index is 12.4. The van der Waals surface area contributed by atoms with Crippen LogP contribution in [-0.4, -0.2) is 17.1 Å². The number of rotatable bonds is 7. The van der Waals surface area contributed by atoms with Crippen LogP contribution < -0.4 is 10.6 Å².